The number of furan rings is 1. The minimum atomic E-state index is -4.30. The van der Waals surface area contributed by atoms with Gasteiger partial charge in [0.2, 0.25) is 5.76 Å². The van der Waals surface area contributed by atoms with Gasteiger partial charge in [-0.15, -0.1) is 0 Å². The summed E-state index contributed by atoms with van der Waals surface area (Å²) in [7, 11) is 0. The van der Waals surface area contributed by atoms with Crippen molar-refractivity contribution in [2.24, 2.45) is 0 Å². The van der Waals surface area contributed by atoms with Gasteiger partial charge in [0, 0.05) is 12.0 Å². The zero-order valence-electron chi connectivity index (χ0n) is 12.4. The zero-order chi connectivity index (χ0) is 17.7. The number of carboxylic acid groups (broad SMARTS) is 1. The van der Waals surface area contributed by atoms with Crippen LogP contribution in [-0.2, 0) is 13.0 Å². The monoisotopic (exact) mass is 341 g/mol. The molecular formula is C16H14F3NO4. The molecule has 0 fully saturated rings. The van der Waals surface area contributed by atoms with Crippen molar-refractivity contribution in [2.75, 3.05) is 0 Å². The van der Waals surface area contributed by atoms with Gasteiger partial charge in [0.05, 0.1) is 6.54 Å². The van der Waals surface area contributed by atoms with Crippen LogP contribution < -0.4 is 5.32 Å². The third-order valence-corrected chi connectivity index (χ3v) is 3.24. The van der Waals surface area contributed by atoms with Crippen molar-refractivity contribution < 1.29 is 32.3 Å². The molecule has 8 heteroatoms. The molecule has 0 aliphatic heterocycles. The molecule has 0 saturated heterocycles. The maximum atomic E-state index is 12.4. The van der Waals surface area contributed by atoms with Gasteiger partial charge in [0.15, 0.2) is 0 Å². The van der Waals surface area contributed by atoms with Crippen molar-refractivity contribution in [2.45, 2.75) is 25.6 Å². The van der Waals surface area contributed by atoms with Crippen molar-refractivity contribution in [3.63, 3.8) is 0 Å². The van der Waals surface area contributed by atoms with Gasteiger partial charge in [-0.3, -0.25) is 4.79 Å². The number of carbonyl (C=O) groups is 2. The van der Waals surface area contributed by atoms with Crippen LogP contribution in [0.2, 0.25) is 0 Å². The minimum absolute atomic E-state index is 0.0697. The van der Waals surface area contributed by atoms with E-state index in [1.54, 1.807) is 12.1 Å². The summed E-state index contributed by atoms with van der Waals surface area (Å²) >= 11 is 0. The first-order chi connectivity index (χ1) is 11.3. The number of carbonyl (C=O) groups excluding carboxylic acids is 1. The average molecular weight is 341 g/mol. The molecule has 0 unspecified atom stereocenters. The maximum absolute atomic E-state index is 12.4. The van der Waals surface area contributed by atoms with Gasteiger partial charge >= 0.3 is 12.1 Å². The van der Waals surface area contributed by atoms with Crippen LogP contribution in [0.1, 0.15) is 38.7 Å². The molecule has 0 radical (unpaired) electrons. The van der Waals surface area contributed by atoms with Crippen molar-refractivity contribution >= 4 is 11.9 Å². The van der Waals surface area contributed by atoms with Crippen LogP contribution >= 0.6 is 0 Å². The zero-order valence-corrected chi connectivity index (χ0v) is 12.4. The van der Waals surface area contributed by atoms with Gasteiger partial charge in [-0.2, -0.15) is 13.2 Å². The van der Waals surface area contributed by atoms with E-state index in [9.17, 15) is 22.8 Å². The number of halogens is 3. The number of rotatable bonds is 6. The van der Waals surface area contributed by atoms with Crippen LogP contribution in [0.3, 0.4) is 0 Å². The van der Waals surface area contributed by atoms with Gasteiger partial charge in [0.1, 0.15) is 5.76 Å². The number of amides is 1. The number of benzene rings is 1. The standard InChI is InChI=1S/C16H14F3NO4/c17-16(18,19)8-7-10-3-1-2-4-12(10)14(21)20-9-11-5-6-13(24-11)15(22)23/h1-6H,7-9H2,(H,20,21)(H,22,23). The highest BCUT2D eigenvalue weighted by Crippen LogP contribution is 2.23. The van der Waals surface area contributed by atoms with E-state index in [2.05, 4.69) is 5.32 Å². The first kappa shape index (κ1) is 17.6. The summed E-state index contributed by atoms with van der Waals surface area (Å²) in [6.45, 7) is -0.0697. The van der Waals surface area contributed by atoms with Gasteiger partial charge in [-0.25, -0.2) is 4.79 Å². The van der Waals surface area contributed by atoms with Crippen LogP contribution in [0.15, 0.2) is 40.8 Å². The van der Waals surface area contributed by atoms with E-state index in [4.69, 9.17) is 9.52 Å². The number of alkyl halides is 3. The van der Waals surface area contributed by atoms with E-state index >= 15 is 0 Å². The number of aromatic carboxylic acids is 1. The molecule has 128 valence electrons. The number of aryl methyl sites for hydroxylation is 1. The SMILES string of the molecule is O=C(O)c1ccc(CNC(=O)c2ccccc2CCC(F)(F)F)o1. The van der Waals surface area contributed by atoms with Crippen molar-refractivity contribution in [3.8, 4) is 0 Å². The first-order valence-corrected chi connectivity index (χ1v) is 7.01. The third-order valence-electron chi connectivity index (χ3n) is 3.24. The Balaban J connectivity index is 2.02. The van der Waals surface area contributed by atoms with Crippen LogP contribution in [0.5, 0.6) is 0 Å². The molecule has 24 heavy (non-hydrogen) atoms. The van der Waals surface area contributed by atoms with Crippen LogP contribution in [0.4, 0.5) is 13.2 Å². The Labute approximate surface area is 135 Å². The molecule has 1 heterocycles. The molecule has 2 N–H and O–H groups in total. The first-order valence-electron chi connectivity index (χ1n) is 7.01. The second-order valence-electron chi connectivity index (χ2n) is 5.03. The Hall–Kier alpha value is -2.77. The second-order valence-corrected chi connectivity index (χ2v) is 5.03. The lowest BCUT2D eigenvalue weighted by molar-refractivity contribution is -0.134. The van der Waals surface area contributed by atoms with Gasteiger partial charge in [0.25, 0.3) is 5.91 Å². The summed E-state index contributed by atoms with van der Waals surface area (Å²) < 4.78 is 42.0. The Kier molecular flexibility index (Phi) is 5.28. The Bertz CT molecular complexity index is 737. The maximum Gasteiger partial charge on any atom is 0.389 e. The summed E-state index contributed by atoms with van der Waals surface area (Å²) in [6, 6.07) is 8.68. The molecule has 2 aromatic rings. The van der Waals surface area contributed by atoms with E-state index in [1.165, 1.54) is 24.3 Å². The van der Waals surface area contributed by atoms with Crippen molar-refractivity contribution in [1.82, 2.24) is 5.32 Å². The highest BCUT2D eigenvalue weighted by molar-refractivity contribution is 5.95. The number of hydrogen-bond acceptors (Lipinski definition) is 3. The predicted molar refractivity (Wildman–Crippen MR) is 77.7 cm³/mol. The molecule has 5 nitrogen and oxygen atoms in total. The molecule has 1 aromatic carbocycles. The minimum Gasteiger partial charge on any atom is -0.475 e. The van der Waals surface area contributed by atoms with Crippen molar-refractivity contribution in [3.05, 3.63) is 59.0 Å². The van der Waals surface area contributed by atoms with Gasteiger partial charge < -0.3 is 14.8 Å². The van der Waals surface area contributed by atoms with E-state index in [1.807, 2.05) is 0 Å². The molecule has 1 aromatic heterocycles. The van der Waals surface area contributed by atoms with E-state index in [0.717, 1.165) is 0 Å². The third kappa shape index (κ3) is 4.87. The molecule has 0 bridgehead atoms. The van der Waals surface area contributed by atoms with Crippen LogP contribution in [0, 0.1) is 0 Å². The Morgan fingerprint density at radius 3 is 2.46 bits per heavy atom. The average Bonchev–Trinajstić information content (AvgIpc) is 2.99. The summed E-state index contributed by atoms with van der Waals surface area (Å²) in [5.74, 6) is -1.82. The van der Waals surface area contributed by atoms with Gasteiger partial charge in [-0.05, 0) is 30.2 Å². The molecule has 2 rings (SSSR count). The lowest BCUT2D eigenvalue weighted by atomic mass is 10.0. The van der Waals surface area contributed by atoms with E-state index < -0.39 is 24.5 Å². The topological polar surface area (TPSA) is 79.5 Å². The summed E-state index contributed by atoms with van der Waals surface area (Å²) in [5, 5.41) is 11.2. The predicted octanol–water partition coefficient (Wildman–Crippen LogP) is 3.40. The fourth-order valence-electron chi connectivity index (χ4n) is 2.09. The lowest BCUT2D eigenvalue weighted by Crippen LogP contribution is -2.24. The molecule has 1 amide bonds. The molecule has 0 spiro atoms. The highest BCUT2D eigenvalue weighted by Gasteiger charge is 2.27. The smallest absolute Gasteiger partial charge is 0.389 e. The molecule has 0 aliphatic rings. The second kappa shape index (κ2) is 7.20. The Morgan fingerprint density at radius 1 is 1.12 bits per heavy atom. The quantitative estimate of drug-likeness (QED) is 0.844. The molecule has 0 aliphatic carbocycles. The summed E-state index contributed by atoms with van der Waals surface area (Å²) in [4.78, 5) is 22.9. The normalized spacial score (nSPS) is 11.3. The molecular weight excluding hydrogens is 327 g/mol. The lowest BCUT2D eigenvalue weighted by Gasteiger charge is -2.11. The largest absolute Gasteiger partial charge is 0.475 e. The molecule has 0 atom stereocenters. The fraction of sp³-hybridized carbons (Fsp3) is 0.250. The number of hydrogen-bond donors (Lipinski definition) is 2. The Morgan fingerprint density at radius 2 is 1.83 bits per heavy atom. The number of nitrogens with one attached hydrogen (secondary N) is 1. The highest BCUT2D eigenvalue weighted by atomic mass is 19.4. The van der Waals surface area contributed by atoms with Crippen LogP contribution in [-0.4, -0.2) is 23.2 Å². The van der Waals surface area contributed by atoms with Gasteiger partial charge in [-0.1, -0.05) is 18.2 Å². The fourth-order valence-corrected chi connectivity index (χ4v) is 2.09. The number of carboxylic acids is 1. The van der Waals surface area contributed by atoms with E-state index in [-0.39, 0.29) is 35.6 Å². The van der Waals surface area contributed by atoms with Crippen molar-refractivity contribution in [1.29, 1.82) is 0 Å². The van der Waals surface area contributed by atoms with Crippen LogP contribution in [0.25, 0.3) is 0 Å². The summed E-state index contributed by atoms with van der Waals surface area (Å²) in [6.07, 6.45) is -5.61. The summed E-state index contributed by atoms with van der Waals surface area (Å²) in [5.41, 5.74) is 0.435. The molecule has 0 saturated carbocycles. The van der Waals surface area contributed by atoms with E-state index in [0.29, 0.717) is 0 Å².